The summed E-state index contributed by atoms with van der Waals surface area (Å²) < 4.78 is 0.563. The molecule has 2 aromatic rings. The highest BCUT2D eigenvalue weighted by Crippen LogP contribution is 2.26. The Morgan fingerprint density at radius 2 is 2.19 bits per heavy atom. The summed E-state index contributed by atoms with van der Waals surface area (Å²) in [6, 6.07) is 1.99. The molecule has 2 unspecified atom stereocenters. The predicted molar refractivity (Wildman–Crippen MR) is 110 cm³/mol. The van der Waals surface area contributed by atoms with Crippen molar-refractivity contribution in [2.24, 2.45) is 11.0 Å². The Balaban J connectivity index is 1.94. The van der Waals surface area contributed by atoms with Crippen molar-refractivity contribution in [3.8, 4) is 0 Å². The normalized spacial score (nSPS) is 21.1. The van der Waals surface area contributed by atoms with Gasteiger partial charge in [0.15, 0.2) is 0 Å². The van der Waals surface area contributed by atoms with Crippen LogP contribution in [0.2, 0.25) is 0 Å². The third-order valence-electron chi connectivity index (χ3n) is 5.22. The monoisotopic (exact) mass is 387 g/mol. The number of aromatic nitrogens is 2. The van der Waals surface area contributed by atoms with Gasteiger partial charge in [-0.3, -0.25) is 14.6 Å². The van der Waals surface area contributed by atoms with Gasteiger partial charge in [-0.25, -0.2) is 9.99 Å². The zero-order valence-electron chi connectivity index (χ0n) is 16.2. The molecule has 0 radical (unpaired) electrons. The first-order valence-electron chi connectivity index (χ1n) is 9.06. The van der Waals surface area contributed by atoms with Crippen molar-refractivity contribution in [3.63, 3.8) is 0 Å². The number of hydrogen-bond donors (Lipinski definition) is 1. The molecule has 1 aliphatic heterocycles. The number of fused-ring (bicyclic) bond motifs is 1. The summed E-state index contributed by atoms with van der Waals surface area (Å²) in [7, 11) is 0. The minimum absolute atomic E-state index is 0.0143. The van der Waals surface area contributed by atoms with Crippen LogP contribution in [0.4, 0.5) is 5.95 Å². The number of carbonyl (C=O) groups excluding carboxylic acids is 1. The number of hydrazone groups is 1. The van der Waals surface area contributed by atoms with Gasteiger partial charge in [-0.2, -0.15) is 5.10 Å². The highest BCUT2D eigenvalue weighted by molar-refractivity contribution is 7.17. The minimum atomic E-state index is -0.228. The van der Waals surface area contributed by atoms with Crippen LogP contribution < -0.4 is 10.6 Å². The van der Waals surface area contributed by atoms with E-state index in [1.165, 1.54) is 16.3 Å². The number of piperidine rings is 1. The molecule has 2 atom stereocenters. The van der Waals surface area contributed by atoms with Gasteiger partial charge in [0.2, 0.25) is 5.95 Å². The number of aromatic amines is 1. The molecule has 8 heteroatoms. The van der Waals surface area contributed by atoms with E-state index in [1.54, 1.807) is 19.9 Å². The van der Waals surface area contributed by atoms with Gasteiger partial charge >= 0.3 is 0 Å². The average molecular weight is 388 g/mol. The summed E-state index contributed by atoms with van der Waals surface area (Å²) >= 11 is 1.34. The highest BCUT2D eigenvalue weighted by Gasteiger charge is 2.29. The number of rotatable bonds is 4. The summed E-state index contributed by atoms with van der Waals surface area (Å²) in [5.74, 6) is 0.873. The topological polar surface area (TPSA) is 81.7 Å². The molecule has 0 spiro atoms. The second-order valence-corrected chi connectivity index (χ2v) is 8.08. The third kappa shape index (κ3) is 3.66. The van der Waals surface area contributed by atoms with Crippen LogP contribution in [-0.4, -0.2) is 40.1 Å². The first kappa shape index (κ1) is 19.3. The van der Waals surface area contributed by atoms with E-state index in [0.29, 0.717) is 27.4 Å². The molecule has 0 saturated carbocycles. The van der Waals surface area contributed by atoms with Gasteiger partial charge in [-0.1, -0.05) is 6.92 Å². The van der Waals surface area contributed by atoms with E-state index < -0.39 is 0 Å². The molecular weight excluding hydrogens is 362 g/mol. The number of allylic oxidation sites excluding steroid dienone is 1. The second kappa shape index (κ2) is 7.64. The van der Waals surface area contributed by atoms with E-state index in [1.807, 2.05) is 10.3 Å². The van der Waals surface area contributed by atoms with Crippen molar-refractivity contribution in [1.82, 2.24) is 14.9 Å². The molecule has 3 heterocycles. The second-order valence-electron chi connectivity index (χ2n) is 7.17. The molecule has 1 saturated heterocycles. The predicted octanol–water partition coefficient (Wildman–Crippen LogP) is 3.35. The number of anilines is 1. The fourth-order valence-electron chi connectivity index (χ4n) is 3.53. The van der Waals surface area contributed by atoms with Gasteiger partial charge in [0, 0.05) is 24.9 Å². The van der Waals surface area contributed by atoms with Crippen LogP contribution in [0, 0.1) is 5.92 Å². The maximum atomic E-state index is 13.0. The Hall–Kier alpha value is -2.48. The lowest BCUT2D eigenvalue weighted by molar-refractivity contribution is -0.130. The van der Waals surface area contributed by atoms with E-state index in [9.17, 15) is 9.59 Å². The standard InChI is InChI=1S/C19H25N5O2S/c1-11-6-8-23(12(2)10-11)18(26)13(3)14(4)24(20-5)19-21-15-7-9-27-16(15)17(25)22-19/h7,9,11-12H,5-6,8,10H2,1-4H3,(H,21,22,25)/b14-13+. The van der Waals surface area contributed by atoms with Crippen LogP contribution >= 0.6 is 11.3 Å². The smallest absolute Gasteiger partial charge is 0.270 e. The van der Waals surface area contributed by atoms with Gasteiger partial charge < -0.3 is 4.90 Å². The molecule has 1 amide bonds. The van der Waals surface area contributed by atoms with Crippen LogP contribution in [0.15, 0.2) is 32.6 Å². The van der Waals surface area contributed by atoms with E-state index >= 15 is 0 Å². The van der Waals surface area contributed by atoms with Crippen molar-refractivity contribution in [1.29, 1.82) is 0 Å². The summed E-state index contributed by atoms with van der Waals surface area (Å²) in [6.45, 7) is 12.2. The number of nitrogens with zero attached hydrogens (tertiary/aromatic N) is 4. The number of nitrogens with one attached hydrogen (secondary N) is 1. The zero-order valence-corrected chi connectivity index (χ0v) is 17.0. The third-order valence-corrected chi connectivity index (χ3v) is 6.13. The van der Waals surface area contributed by atoms with Crippen molar-refractivity contribution in [2.75, 3.05) is 11.6 Å². The lowest BCUT2D eigenvalue weighted by atomic mass is 9.93. The van der Waals surface area contributed by atoms with Crippen molar-refractivity contribution < 1.29 is 4.79 Å². The fraction of sp³-hybridized carbons (Fsp3) is 0.474. The molecule has 0 bridgehead atoms. The Kier molecular flexibility index (Phi) is 5.46. The van der Waals surface area contributed by atoms with Gasteiger partial charge in [-0.15, -0.1) is 11.3 Å². The molecule has 27 heavy (non-hydrogen) atoms. The van der Waals surface area contributed by atoms with Crippen LogP contribution in [-0.2, 0) is 4.79 Å². The zero-order chi connectivity index (χ0) is 19.7. The summed E-state index contributed by atoms with van der Waals surface area (Å²) in [5.41, 5.74) is 1.53. The van der Waals surface area contributed by atoms with Crippen molar-refractivity contribution in [3.05, 3.63) is 33.1 Å². The van der Waals surface area contributed by atoms with Gasteiger partial charge in [0.25, 0.3) is 11.5 Å². The van der Waals surface area contributed by atoms with Crippen molar-refractivity contribution in [2.45, 2.75) is 46.6 Å². The molecule has 1 aliphatic rings. The SMILES string of the molecule is C=NN(/C(C)=C(\C)C(=O)N1CCC(C)CC1C)c1nc2ccsc2c(=O)[nH]1. The average Bonchev–Trinajstić information content (AvgIpc) is 3.10. The van der Waals surface area contributed by atoms with Crippen LogP contribution in [0.1, 0.15) is 40.5 Å². The van der Waals surface area contributed by atoms with E-state index in [-0.39, 0.29) is 23.5 Å². The summed E-state index contributed by atoms with van der Waals surface area (Å²) in [4.78, 5) is 34.4. The summed E-state index contributed by atoms with van der Waals surface area (Å²) in [5, 5.41) is 7.23. The maximum Gasteiger partial charge on any atom is 0.270 e. The molecular formula is C19H25N5O2S. The van der Waals surface area contributed by atoms with Crippen LogP contribution in [0.25, 0.3) is 10.2 Å². The number of carbonyl (C=O) groups is 1. The van der Waals surface area contributed by atoms with Gasteiger partial charge in [-0.05, 0) is 51.0 Å². The summed E-state index contributed by atoms with van der Waals surface area (Å²) in [6.07, 6.45) is 2.01. The number of hydrogen-bond acceptors (Lipinski definition) is 6. The quantitative estimate of drug-likeness (QED) is 0.495. The first-order valence-corrected chi connectivity index (χ1v) is 9.94. The lowest BCUT2D eigenvalue weighted by Crippen LogP contribution is -2.45. The molecule has 1 fully saturated rings. The van der Waals surface area contributed by atoms with E-state index in [0.717, 1.165) is 19.4 Å². The van der Waals surface area contributed by atoms with Gasteiger partial charge in [0.05, 0.1) is 11.2 Å². The Bertz CT molecular complexity index is 960. The van der Waals surface area contributed by atoms with Crippen LogP contribution in [0.5, 0.6) is 0 Å². The molecule has 7 nitrogen and oxygen atoms in total. The molecule has 1 N–H and O–H groups in total. The molecule has 0 aliphatic carbocycles. The Morgan fingerprint density at radius 3 is 2.85 bits per heavy atom. The highest BCUT2D eigenvalue weighted by atomic mass is 32.1. The molecule has 3 rings (SSSR count). The molecule has 0 aromatic carbocycles. The number of likely N-dealkylation sites (tertiary alicyclic amines) is 1. The van der Waals surface area contributed by atoms with Gasteiger partial charge in [0.1, 0.15) is 4.70 Å². The minimum Gasteiger partial charge on any atom is -0.336 e. The lowest BCUT2D eigenvalue weighted by Gasteiger charge is -2.37. The molecule has 2 aromatic heterocycles. The van der Waals surface area contributed by atoms with E-state index in [2.05, 4.69) is 35.6 Å². The number of H-pyrrole nitrogens is 1. The van der Waals surface area contributed by atoms with Crippen molar-refractivity contribution >= 4 is 40.1 Å². The first-order chi connectivity index (χ1) is 12.8. The number of thiophene rings is 1. The maximum absolute atomic E-state index is 13.0. The van der Waals surface area contributed by atoms with E-state index in [4.69, 9.17) is 0 Å². The fourth-order valence-corrected chi connectivity index (χ4v) is 4.26. The Morgan fingerprint density at radius 1 is 1.44 bits per heavy atom. The largest absolute Gasteiger partial charge is 0.336 e. The number of amides is 1. The van der Waals surface area contributed by atoms with Crippen LogP contribution in [0.3, 0.4) is 0 Å². The Labute approximate surface area is 162 Å². The molecule has 144 valence electrons.